The van der Waals surface area contributed by atoms with E-state index in [0.29, 0.717) is 12.2 Å². The summed E-state index contributed by atoms with van der Waals surface area (Å²) in [6, 6.07) is 5.64. The Hall–Kier alpha value is -1.06. The van der Waals surface area contributed by atoms with Crippen molar-refractivity contribution in [2.75, 3.05) is 13.2 Å². The van der Waals surface area contributed by atoms with Crippen molar-refractivity contribution in [2.45, 2.75) is 12.5 Å². The highest BCUT2D eigenvalue weighted by Crippen LogP contribution is 2.32. The van der Waals surface area contributed by atoms with Gasteiger partial charge in [-0.15, -0.1) is 0 Å². The minimum atomic E-state index is -0.826. The SMILES string of the molecule is OCC(O)c1cccc2c1OCC2. The molecule has 2 rings (SSSR count). The second kappa shape index (κ2) is 3.36. The molecule has 3 heteroatoms. The second-order valence-corrected chi connectivity index (χ2v) is 3.13. The molecule has 1 heterocycles. The molecule has 70 valence electrons. The summed E-state index contributed by atoms with van der Waals surface area (Å²) >= 11 is 0. The lowest BCUT2D eigenvalue weighted by Crippen LogP contribution is -2.04. The molecule has 0 fully saturated rings. The lowest BCUT2D eigenvalue weighted by molar-refractivity contribution is 0.0932. The topological polar surface area (TPSA) is 49.7 Å². The van der Waals surface area contributed by atoms with Crippen LogP contribution in [-0.2, 0) is 6.42 Å². The van der Waals surface area contributed by atoms with Gasteiger partial charge in [-0.25, -0.2) is 0 Å². The van der Waals surface area contributed by atoms with Crippen LogP contribution in [0.2, 0.25) is 0 Å². The standard InChI is InChI=1S/C10H12O3/c11-6-9(12)8-3-1-2-7-4-5-13-10(7)8/h1-3,9,11-12H,4-6H2. The first kappa shape index (κ1) is 8.53. The van der Waals surface area contributed by atoms with Crippen LogP contribution >= 0.6 is 0 Å². The van der Waals surface area contributed by atoms with E-state index in [4.69, 9.17) is 9.84 Å². The molecule has 1 unspecified atom stereocenters. The van der Waals surface area contributed by atoms with Gasteiger partial charge in [-0.1, -0.05) is 18.2 Å². The quantitative estimate of drug-likeness (QED) is 0.702. The lowest BCUT2D eigenvalue weighted by atomic mass is 10.0. The van der Waals surface area contributed by atoms with E-state index in [0.717, 1.165) is 17.7 Å². The van der Waals surface area contributed by atoms with Gasteiger partial charge in [0.25, 0.3) is 0 Å². The van der Waals surface area contributed by atoms with Gasteiger partial charge in [0.05, 0.1) is 13.2 Å². The van der Waals surface area contributed by atoms with Crippen molar-refractivity contribution in [3.05, 3.63) is 29.3 Å². The van der Waals surface area contributed by atoms with E-state index < -0.39 is 6.10 Å². The third-order valence-corrected chi connectivity index (χ3v) is 2.28. The predicted molar refractivity (Wildman–Crippen MR) is 47.7 cm³/mol. The number of hydrogen-bond donors (Lipinski definition) is 2. The monoisotopic (exact) mass is 180 g/mol. The summed E-state index contributed by atoms with van der Waals surface area (Å²) in [6.07, 6.45) is 0.0643. The van der Waals surface area contributed by atoms with Crippen molar-refractivity contribution in [3.63, 3.8) is 0 Å². The lowest BCUT2D eigenvalue weighted by Gasteiger charge is -2.11. The predicted octanol–water partition coefficient (Wildman–Crippen LogP) is 0.647. The Labute approximate surface area is 76.6 Å². The molecule has 0 aliphatic carbocycles. The van der Waals surface area contributed by atoms with Crippen LogP contribution in [0.4, 0.5) is 0 Å². The Morgan fingerprint density at radius 2 is 2.31 bits per heavy atom. The summed E-state index contributed by atoms with van der Waals surface area (Å²) in [5.41, 5.74) is 1.81. The normalized spacial score (nSPS) is 16.5. The van der Waals surface area contributed by atoms with Crippen LogP contribution in [0.5, 0.6) is 5.75 Å². The third kappa shape index (κ3) is 1.41. The van der Waals surface area contributed by atoms with Gasteiger partial charge in [-0.05, 0) is 5.56 Å². The minimum Gasteiger partial charge on any atom is -0.493 e. The van der Waals surface area contributed by atoms with Gasteiger partial charge in [-0.2, -0.15) is 0 Å². The number of aliphatic hydroxyl groups excluding tert-OH is 2. The molecule has 0 amide bonds. The van der Waals surface area contributed by atoms with E-state index in [2.05, 4.69) is 0 Å². The van der Waals surface area contributed by atoms with E-state index in [1.165, 1.54) is 0 Å². The maximum absolute atomic E-state index is 9.46. The van der Waals surface area contributed by atoms with Crippen molar-refractivity contribution in [2.24, 2.45) is 0 Å². The van der Waals surface area contributed by atoms with Gasteiger partial charge < -0.3 is 14.9 Å². The van der Waals surface area contributed by atoms with Crippen molar-refractivity contribution in [1.29, 1.82) is 0 Å². The summed E-state index contributed by atoms with van der Waals surface area (Å²) in [4.78, 5) is 0. The first-order valence-electron chi connectivity index (χ1n) is 4.36. The van der Waals surface area contributed by atoms with Gasteiger partial charge in [0.2, 0.25) is 0 Å². The summed E-state index contributed by atoms with van der Waals surface area (Å²) in [6.45, 7) is 0.407. The fourth-order valence-electron chi connectivity index (χ4n) is 1.60. The van der Waals surface area contributed by atoms with E-state index >= 15 is 0 Å². The second-order valence-electron chi connectivity index (χ2n) is 3.13. The molecule has 0 saturated heterocycles. The van der Waals surface area contributed by atoms with Gasteiger partial charge in [0.15, 0.2) is 0 Å². The first-order valence-corrected chi connectivity index (χ1v) is 4.36. The average molecular weight is 180 g/mol. The fourth-order valence-corrected chi connectivity index (χ4v) is 1.60. The number of rotatable bonds is 2. The number of benzene rings is 1. The van der Waals surface area contributed by atoms with Gasteiger partial charge in [0.1, 0.15) is 11.9 Å². The zero-order chi connectivity index (χ0) is 9.26. The molecule has 2 N–H and O–H groups in total. The highest BCUT2D eigenvalue weighted by atomic mass is 16.5. The van der Waals surface area contributed by atoms with Crippen molar-refractivity contribution in [1.82, 2.24) is 0 Å². The fraction of sp³-hybridized carbons (Fsp3) is 0.400. The Balaban J connectivity index is 2.41. The molecular weight excluding hydrogens is 168 g/mol. The van der Waals surface area contributed by atoms with Crippen LogP contribution in [0.15, 0.2) is 18.2 Å². The Morgan fingerprint density at radius 1 is 1.46 bits per heavy atom. The van der Waals surface area contributed by atoms with Gasteiger partial charge in [-0.3, -0.25) is 0 Å². The molecular formula is C10H12O3. The van der Waals surface area contributed by atoms with Crippen LogP contribution in [-0.4, -0.2) is 23.4 Å². The Bertz CT molecular complexity index is 309. The van der Waals surface area contributed by atoms with Crippen LogP contribution in [0.3, 0.4) is 0 Å². The van der Waals surface area contributed by atoms with Crippen molar-refractivity contribution < 1.29 is 14.9 Å². The summed E-state index contributed by atoms with van der Waals surface area (Å²) in [7, 11) is 0. The summed E-state index contributed by atoms with van der Waals surface area (Å²) in [5, 5.41) is 18.3. The Kier molecular flexibility index (Phi) is 2.20. The summed E-state index contributed by atoms with van der Waals surface area (Å²) in [5.74, 6) is 0.754. The van der Waals surface area contributed by atoms with Crippen LogP contribution in [0.25, 0.3) is 0 Å². The van der Waals surface area contributed by atoms with E-state index in [1.54, 1.807) is 6.07 Å². The van der Waals surface area contributed by atoms with E-state index in [-0.39, 0.29) is 6.61 Å². The summed E-state index contributed by atoms with van der Waals surface area (Å²) < 4.78 is 5.38. The molecule has 1 atom stereocenters. The van der Waals surface area contributed by atoms with Crippen LogP contribution in [0.1, 0.15) is 17.2 Å². The van der Waals surface area contributed by atoms with E-state index in [1.807, 2.05) is 12.1 Å². The number of aliphatic hydroxyl groups is 2. The largest absolute Gasteiger partial charge is 0.493 e. The zero-order valence-electron chi connectivity index (χ0n) is 7.23. The highest BCUT2D eigenvalue weighted by Gasteiger charge is 2.19. The van der Waals surface area contributed by atoms with Crippen molar-refractivity contribution in [3.8, 4) is 5.75 Å². The Morgan fingerprint density at radius 3 is 3.08 bits per heavy atom. The molecule has 0 saturated carbocycles. The van der Waals surface area contributed by atoms with E-state index in [9.17, 15) is 5.11 Å². The van der Waals surface area contributed by atoms with Gasteiger partial charge in [0, 0.05) is 12.0 Å². The molecule has 1 aliphatic rings. The number of fused-ring (bicyclic) bond motifs is 1. The smallest absolute Gasteiger partial charge is 0.128 e. The van der Waals surface area contributed by atoms with Gasteiger partial charge >= 0.3 is 0 Å². The molecule has 0 spiro atoms. The maximum Gasteiger partial charge on any atom is 0.128 e. The number of hydrogen-bond acceptors (Lipinski definition) is 3. The molecule has 1 aromatic rings. The molecule has 0 aromatic heterocycles. The molecule has 13 heavy (non-hydrogen) atoms. The number of ether oxygens (including phenoxy) is 1. The average Bonchev–Trinajstić information content (AvgIpc) is 2.63. The highest BCUT2D eigenvalue weighted by molar-refractivity contribution is 5.45. The first-order chi connectivity index (χ1) is 6.33. The third-order valence-electron chi connectivity index (χ3n) is 2.28. The molecule has 3 nitrogen and oxygen atoms in total. The maximum atomic E-state index is 9.46. The zero-order valence-corrected chi connectivity index (χ0v) is 7.23. The molecule has 0 bridgehead atoms. The molecule has 0 radical (unpaired) electrons. The molecule has 1 aliphatic heterocycles. The van der Waals surface area contributed by atoms with Crippen LogP contribution < -0.4 is 4.74 Å². The molecule has 1 aromatic carbocycles. The minimum absolute atomic E-state index is 0.264. The number of para-hydroxylation sites is 1. The van der Waals surface area contributed by atoms with Crippen molar-refractivity contribution >= 4 is 0 Å². The van der Waals surface area contributed by atoms with Crippen LogP contribution in [0, 0.1) is 0 Å².